The Hall–Kier alpha value is -1.59. The van der Waals surface area contributed by atoms with E-state index in [0.29, 0.717) is 6.67 Å². The van der Waals surface area contributed by atoms with Gasteiger partial charge in [-0.1, -0.05) is 18.2 Å². The van der Waals surface area contributed by atoms with Gasteiger partial charge in [0.15, 0.2) is 0 Å². The predicted molar refractivity (Wildman–Crippen MR) is 73.5 cm³/mol. The van der Waals surface area contributed by atoms with Gasteiger partial charge in [-0.3, -0.25) is 5.01 Å². The highest BCUT2D eigenvalue weighted by Gasteiger charge is 2.04. The van der Waals surface area contributed by atoms with Crippen molar-refractivity contribution in [2.75, 3.05) is 17.0 Å². The van der Waals surface area contributed by atoms with E-state index in [4.69, 9.17) is 5.84 Å². The number of para-hydroxylation sites is 1. The predicted octanol–water partition coefficient (Wildman–Crippen LogP) is 2.59. The summed E-state index contributed by atoms with van der Waals surface area (Å²) in [5.41, 5.74) is 0.927. The van der Waals surface area contributed by atoms with Gasteiger partial charge in [-0.2, -0.15) is 0 Å². The second-order valence-corrected chi connectivity index (χ2v) is 4.33. The second kappa shape index (κ2) is 5.65. The molecule has 1 aromatic carbocycles. The molecule has 0 saturated heterocycles. The first-order chi connectivity index (χ1) is 8.27. The highest BCUT2D eigenvalue weighted by Crippen LogP contribution is 2.23. The number of halogens is 1. The summed E-state index contributed by atoms with van der Waals surface area (Å²) in [4.78, 5) is 4.16. The van der Waals surface area contributed by atoms with Crippen LogP contribution in [0.2, 0.25) is 0 Å². The van der Waals surface area contributed by atoms with Gasteiger partial charge in [0, 0.05) is 10.7 Å². The summed E-state index contributed by atoms with van der Waals surface area (Å²) < 4.78 is 0.963. The smallest absolute Gasteiger partial charge is 0.127 e. The van der Waals surface area contributed by atoms with E-state index < -0.39 is 0 Å². The van der Waals surface area contributed by atoms with Crippen molar-refractivity contribution in [2.24, 2.45) is 5.84 Å². The van der Waals surface area contributed by atoms with Gasteiger partial charge in [0.2, 0.25) is 0 Å². The third-order valence-corrected chi connectivity index (χ3v) is 2.93. The fourth-order valence-electron chi connectivity index (χ4n) is 1.40. The Balaban J connectivity index is 1.99. The molecule has 5 heteroatoms. The fraction of sp³-hybridized carbons (Fsp3) is 0.0833. The lowest BCUT2D eigenvalue weighted by atomic mass is 10.3. The lowest BCUT2D eigenvalue weighted by Gasteiger charge is -2.20. The van der Waals surface area contributed by atoms with Crippen LogP contribution in [0.1, 0.15) is 0 Å². The van der Waals surface area contributed by atoms with E-state index in [-0.39, 0.29) is 0 Å². The van der Waals surface area contributed by atoms with Crippen LogP contribution in [0.3, 0.4) is 0 Å². The maximum absolute atomic E-state index is 5.96. The number of nitrogens with two attached hydrogens (primary N) is 1. The molecule has 2 aromatic rings. The van der Waals surface area contributed by atoms with Crippen molar-refractivity contribution in [1.29, 1.82) is 0 Å². The lowest BCUT2D eigenvalue weighted by Crippen LogP contribution is -2.36. The normalized spacial score (nSPS) is 10.0. The lowest BCUT2D eigenvalue weighted by molar-refractivity contribution is 0.892. The van der Waals surface area contributed by atoms with Gasteiger partial charge < -0.3 is 5.32 Å². The monoisotopic (exact) mass is 292 g/mol. The molecule has 0 amide bonds. The molecule has 3 N–H and O–H groups in total. The van der Waals surface area contributed by atoms with Crippen molar-refractivity contribution in [3.8, 4) is 0 Å². The summed E-state index contributed by atoms with van der Waals surface area (Å²) in [5, 5.41) is 4.76. The number of hydrogen-bond acceptors (Lipinski definition) is 4. The molecule has 0 aliphatic heterocycles. The Labute approximate surface area is 109 Å². The van der Waals surface area contributed by atoms with Crippen molar-refractivity contribution in [3.05, 3.63) is 53.1 Å². The zero-order valence-corrected chi connectivity index (χ0v) is 10.8. The molecule has 0 unspecified atom stereocenters. The summed E-state index contributed by atoms with van der Waals surface area (Å²) in [6.07, 6.45) is 1.74. The van der Waals surface area contributed by atoms with Gasteiger partial charge in [0.05, 0.1) is 5.69 Å². The van der Waals surface area contributed by atoms with E-state index in [0.717, 1.165) is 16.0 Å². The molecule has 0 fully saturated rings. The first kappa shape index (κ1) is 11.9. The molecule has 0 radical (unpaired) electrons. The SMILES string of the molecule is NN(CNc1ccccn1)c1ccccc1Br. The summed E-state index contributed by atoms with van der Waals surface area (Å²) in [6, 6.07) is 13.5. The van der Waals surface area contributed by atoms with Crippen molar-refractivity contribution >= 4 is 27.4 Å². The van der Waals surface area contributed by atoms with E-state index in [2.05, 4.69) is 26.2 Å². The van der Waals surface area contributed by atoms with E-state index in [1.54, 1.807) is 11.2 Å². The van der Waals surface area contributed by atoms with Gasteiger partial charge in [0.25, 0.3) is 0 Å². The van der Waals surface area contributed by atoms with E-state index in [9.17, 15) is 0 Å². The van der Waals surface area contributed by atoms with Crippen LogP contribution in [0.5, 0.6) is 0 Å². The third-order valence-electron chi connectivity index (χ3n) is 2.26. The van der Waals surface area contributed by atoms with Gasteiger partial charge in [-0.05, 0) is 40.2 Å². The van der Waals surface area contributed by atoms with Crippen LogP contribution in [0.4, 0.5) is 11.5 Å². The maximum Gasteiger partial charge on any atom is 0.127 e. The summed E-state index contributed by atoms with van der Waals surface area (Å²) in [7, 11) is 0. The molecule has 17 heavy (non-hydrogen) atoms. The van der Waals surface area contributed by atoms with Gasteiger partial charge in [-0.15, -0.1) is 0 Å². The number of anilines is 2. The van der Waals surface area contributed by atoms with Crippen molar-refractivity contribution in [1.82, 2.24) is 4.98 Å². The van der Waals surface area contributed by atoms with Crippen LogP contribution < -0.4 is 16.2 Å². The van der Waals surface area contributed by atoms with Crippen molar-refractivity contribution < 1.29 is 0 Å². The molecular weight excluding hydrogens is 280 g/mol. The number of nitrogens with zero attached hydrogens (tertiary/aromatic N) is 2. The van der Waals surface area contributed by atoms with Crippen LogP contribution >= 0.6 is 15.9 Å². The molecule has 4 nitrogen and oxygen atoms in total. The number of rotatable bonds is 4. The van der Waals surface area contributed by atoms with Gasteiger partial charge in [0.1, 0.15) is 12.5 Å². The van der Waals surface area contributed by atoms with Crippen LogP contribution in [0, 0.1) is 0 Å². The van der Waals surface area contributed by atoms with Crippen LogP contribution in [0.15, 0.2) is 53.1 Å². The van der Waals surface area contributed by atoms with Crippen LogP contribution in [-0.4, -0.2) is 11.7 Å². The quantitative estimate of drug-likeness (QED) is 0.517. The standard InChI is InChI=1S/C12H13BrN4/c13-10-5-1-2-6-11(10)17(14)9-16-12-7-3-4-8-15-12/h1-8H,9,14H2,(H,15,16). The first-order valence-electron chi connectivity index (χ1n) is 5.19. The van der Waals surface area contributed by atoms with E-state index >= 15 is 0 Å². The van der Waals surface area contributed by atoms with Crippen molar-refractivity contribution in [2.45, 2.75) is 0 Å². The number of aromatic nitrogens is 1. The summed E-state index contributed by atoms with van der Waals surface area (Å²) >= 11 is 3.46. The Bertz CT molecular complexity index is 475. The zero-order chi connectivity index (χ0) is 12.1. The number of nitrogens with one attached hydrogen (secondary N) is 1. The minimum absolute atomic E-state index is 0.486. The molecule has 1 aromatic heterocycles. The molecule has 0 aliphatic rings. The number of hydrazine groups is 1. The number of pyridine rings is 1. The topological polar surface area (TPSA) is 54.2 Å². The first-order valence-corrected chi connectivity index (χ1v) is 5.98. The average molecular weight is 293 g/mol. The molecule has 0 saturated carbocycles. The maximum atomic E-state index is 5.96. The van der Waals surface area contributed by atoms with E-state index in [1.807, 2.05) is 42.5 Å². The largest absolute Gasteiger partial charge is 0.351 e. The van der Waals surface area contributed by atoms with Gasteiger partial charge >= 0.3 is 0 Å². The highest BCUT2D eigenvalue weighted by molar-refractivity contribution is 9.10. The molecule has 1 heterocycles. The molecule has 0 bridgehead atoms. The highest BCUT2D eigenvalue weighted by atomic mass is 79.9. The Morgan fingerprint density at radius 1 is 1.18 bits per heavy atom. The zero-order valence-electron chi connectivity index (χ0n) is 9.18. The Kier molecular flexibility index (Phi) is 3.95. The Morgan fingerprint density at radius 2 is 1.94 bits per heavy atom. The number of hydrogen-bond donors (Lipinski definition) is 2. The average Bonchev–Trinajstić information content (AvgIpc) is 2.38. The molecule has 0 atom stereocenters. The molecule has 0 spiro atoms. The molecular formula is C12H13BrN4. The summed E-state index contributed by atoms with van der Waals surface area (Å²) in [5.74, 6) is 6.76. The molecule has 2 rings (SSSR count). The van der Waals surface area contributed by atoms with Crippen LogP contribution in [0.25, 0.3) is 0 Å². The van der Waals surface area contributed by atoms with E-state index in [1.165, 1.54) is 0 Å². The third kappa shape index (κ3) is 3.18. The van der Waals surface area contributed by atoms with Crippen LogP contribution in [-0.2, 0) is 0 Å². The minimum Gasteiger partial charge on any atom is -0.351 e. The minimum atomic E-state index is 0.486. The number of benzene rings is 1. The van der Waals surface area contributed by atoms with Gasteiger partial charge in [-0.25, -0.2) is 10.8 Å². The molecule has 0 aliphatic carbocycles. The second-order valence-electron chi connectivity index (χ2n) is 3.47. The molecule has 88 valence electrons. The van der Waals surface area contributed by atoms with Crippen molar-refractivity contribution in [3.63, 3.8) is 0 Å². The Morgan fingerprint density at radius 3 is 2.65 bits per heavy atom. The fourth-order valence-corrected chi connectivity index (χ4v) is 1.92. The summed E-state index contributed by atoms with van der Waals surface area (Å²) in [6.45, 7) is 0.486.